The molecule has 0 saturated carbocycles. The Morgan fingerprint density at radius 1 is 0.963 bits per heavy atom. The summed E-state index contributed by atoms with van der Waals surface area (Å²) >= 11 is 0. The zero-order valence-corrected chi connectivity index (χ0v) is 16.1. The molecule has 140 valence electrons. The van der Waals surface area contributed by atoms with Gasteiger partial charge in [0.2, 0.25) is 15.9 Å². The second kappa shape index (κ2) is 7.90. The van der Waals surface area contributed by atoms with Gasteiger partial charge < -0.3 is 5.32 Å². The van der Waals surface area contributed by atoms with Gasteiger partial charge in [0, 0.05) is 11.1 Å². The van der Waals surface area contributed by atoms with Gasteiger partial charge in [0.15, 0.2) is 0 Å². The molecule has 3 aromatic carbocycles. The molecule has 0 radical (unpaired) electrons. The van der Waals surface area contributed by atoms with Gasteiger partial charge in [-0.05, 0) is 36.4 Å². The summed E-state index contributed by atoms with van der Waals surface area (Å²) in [6.45, 7) is 3.48. The summed E-state index contributed by atoms with van der Waals surface area (Å²) in [6, 6.07) is 19.0. The molecule has 0 saturated heterocycles. The molecule has 0 unspecified atom stereocenters. The van der Waals surface area contributed by atoms with Gasteiger partial charge >= 0.3 is 0 Å². The lowest BCUT2D eigenvalue weighted by atomic mass is 10.1. The maximum absolute atomic E-state index is 12.3. The molecule has 0 aliphatic heterocycles. The predicted molar refractivity (Wildman–Crippen MR) is 109 cm³/mol. The molecule has 0 aliphatic carbocycles. The Morgan fingerprint density at radius 2 is 1.70 bits per heavy atom. The van der Waals surface area contributed by atoms with E-state index in [-0.39, 0.29) is 12.3 Å². The van der Waals surface area contributed by atoms with Crippen LogP contribution in [0.5, 0.6) is 0 Å². The van der Waals surface area contributed by atoms with Gasteiger partial charge in [0.05, 0.1) is 12.3 Å². The lowest BCUT2D eigenvalue weighted by molar-refractivity contribution is -0.115. The number of carbonyl (C=O) groups excluding carboxylic acids is 1. The number of rotatable bonds is 6. The number of carbonyl (C=O) groups is 1. The van der Waals surface area contributed by atoms with Crippen molar-refractivity contribution in [2.45, 2.75) is 19.6 Å². The van der Waals surface area contributed by atoms with Crippen molar-refractivity contribution >= 4 is 32.4 Å². The average Bonchev–Trinajstić information content (AvgIpc) is 2.63. The number of benzene rings is 3. The maximum Gasteiger partial charge on any atom is 0.239 e. The van der Waals surface area contributed by atoms with E-state index in [1.807, 2.05) is 68.4 Å². The number of sulfonamides is 1. The highest BCUT2D eigenvalue weighted by Gasteiger charge is 2.15. The smallest absolute Gasteiger partial charge is 0.239 e. The third kappa shape index (κ3) is 4.93. The van der Waals surface area contributed by atoms with E-state index < -0.39 is 15.9 Å². The summed E-state index contributed by atoms with van der Waals surface area (Å²) in [4.78, 5) is 12.2. The van der Waals surface area contributed by atoms with Crippen LogP contribution in [-0.4, -0.2) is 20.9 Å². The van der Waals surface area contributed by atoms with Crippen molar-refractivity contribution in [3.05, 3.63) is 77.4 Å². The van der Waals surface area contributed by atoms with Crippen molar-refractivity contribution in [1.29, 1.82) is 0 Å². The van der Waals surface area contributed by atoms with E-state index in [0.29, 0.717) is 5.69 Å². The highest BCUT2D eigenvalue weighted by Crippen LogP contribution is 2.22. The average molecular weight is 382 g/mol. The van der Waals surface area contributed by atoms with Crippen LogP contribution in [0.15, 0.2) is 60.7 Å². The highest BCUT2D eigenvalue weighted by molar-refractivity contribution is 7.88. The summed E-state index contributed by atoms with van der Waals surface area (Å²) in [5.74, 6) is -0.557. The SMILES string of the molecule is Cc1ccc(C)c(CS(=O)(=O)NCC(=O)Nc2cccc3ccccc23)c1. The Kier molecular flexibility index (Phi) is 5.58. The van der Waals surface area contributed by atoms with Gasteiger partial charge in [-0.15, -0.1) is 0 Å². The molecule has 0 aliphatic rings. The lowest BCUT2D eigenvalue weighted by Crippen LogP contribution is -2.33. The molecule has 5 nitrogen and oxygen atoms in total. The fraction of sp³-hybridized carbons (Fsp3) is 0.190. The Hall–Kier alpha value is -2.70. The summed E-state index contributed by atoms with van der Waals surface area (Å²) < 4.78 is 27.1. The Morgan fingerprint density at radius 3 is 2.52 bits per heavy atom. The molecule has 0 bridgehead atoms. The number of anilines is 1. The van der Waals surface area contributed by atoms with Crippen LogP contribution >= 0.6 is 0 Å². The van der Waals surface area contributed by atoms with E-state index in [9.17, 15) is 13.2 Å². The summed E-state index contributed by atoms with van der Waals surface area (Å²) in [7, 11) is -3.61. The van der Waals surface area contributed by atoms with E-state index in [0.717, 1.165) is 27.5 Å². The van der Waals surface area contributed by atoms with Crippen molar-refractivity contribution in [2.75, 3.05) is 11.9 Å². The molecular formula is C21H22N2O3S. The number of hydrogen-bond donors (Lipinski definition) is 2. The lowest BCUT2D eigenvalue weighted by Gasteiger charge is -2.11. The fourth-order valence-corrected chi connectivity index (χ4v) is 4.09. The molecular weight excluding hydrogens is 360 g/mol. The molecule has 3 rings (SSSR count). The molecule has 6 heteroatoms. The number of hydrogen-bond acceptors (Lipinski definition) is 3. The standard InChI is InChI=1S/C21H22N2O3S/c1-15-10-11-16(2)18(12-15)14-27(25,26)22-13-21(24)23-20-9-5-7-17-6-3-4-8-19(17)20/h3-12,22H,13-14H2,1-2H3,(H,23,24). The van der Waals surface area contributed by atoms with Crippen LogP contribution in [0.1, 0.15) is 16.7 Å². The van der Waals surface area contributed by atoms with Crippen LogP contribution in [0, 0.1) is 13.8 Å². The topological polar surface area (TPSA) is 75.3 Å². The van der Waals surface area contributed by atoms with Crippen molar-refractivity contribution < 1.29 is 13.2 Å². The first kappa shape index (κ1) is 19.1. The zero-order valence-electron chi connectivity index (χ0n) is 15.3. The summed E-state index contributed by atoms with van der Waals surface area (Å²) in [6.07, 6.45) is 0. The first-order valence-electron chi connectivity index (χ1n) is 8.65. The van der Waals surface area contributed by atoms with Crippen molar-refractivity contribution in [3.8, 4) is 0 Å². The molecule has 0 atom stereocenters. The van der Waals surface area contributed by atoms with Gasteiger partial charge in [-0.25, -0.2) is 13.1 Å². The molecule has 0 heterocycles. The van der Waals surface area contributed by atoms with Crippen LogP contribution in [0.2, 0.25) is 0 Å². The molecule has 27 heavy (non-hydrogen) atoms. The third-order valence-electron chi connectivity index (χ3n) is 4.37. The summed E-state index contributed by atoms with van der Waals surface area (Å²) in [5, 5.41) is 4.69. The van der Waals surface area contributed by atoms with Gasteiger partial charge in [-0.2, -0.15) is 0 Å². The summed E-state index contributed by atoms with van der Waals surface area (Å²) in [5.41, 5.74) is 3.30. The Labute approximate surface area is 159 Å². The number of aryl methyl sites for hydroxylation is 2. The molecule has 0 spiro atoms. The Bertz CT molecular complexity index is 1090. The minimum Gasteiger partial charge on any atom is -0.324 e. The minimum atomic E-state index is -3.61. The van der Waals surface area contributed by atoms with E-state index in [1.54, 1.807) is 6.07 Å². The van der Waals surface area contributed by atoms with E-state index in [2.05, 4.69) is 10.0 Å². The quantitative estimate of drug-likeness (QED) is 0.685. The van der Waals surface area contributed by atoms with Crippen molar-refractivity contribution in [3.63, 3.8) is 0 Å². The van der Waals surface area contributed by atoms with Gasteiger partial charge in [0.25, 0.3) is 0 Å². The van der Waals surface area contributed by atoms with Crippen molar-refractivity contribution in [2.24, 2.45) is 0 Å². The monoisotopic (exact) mass is 382 g/mol. The Balaban J connectivity index is 1.65. The van der Waals surface area contributed by atoms with Crippen LogP contribution in [-0.2, 0) is 20.6 Å². The second-order valence-electron chi connectivity index (χ2n) is 6.59. The largest absolute Gasteiger partial charge is 0.324 e. The van der Waals surface area contributed by atoms with Crippen LogP contribution in [0.4, 0.5) is 5.69 Å². The van der Waals surface area contributed by atoms with E-state index >= 15 is 0 Å². The molecule has 0 aromatic heterocycles. The molecule has 3 aromatic rings. The molecule has 2 N–H and O–H groups in total. The number of amides is 1. The second-order valence-corrected chi connectivity index (χ2v) is 8.39. The normalized spacial score (nSPS) is 11.5. The molecule has 0 fully saturated rings. The third-order valence-corrected chi connectivity index (χ3v) is 5.64. The number of nitrogens with one attached hydrogen (secondary N) is 2. The van der Waals surface area contributed by atoms with Crippen molar-refractivity contribution in [1.82, 2.24) is 4.72 Å². The maximum atomic E-state index is 12.3. The van der Waals surface area contributed by atoms with E-state index in [4.69, 9.17) is 0 Å². The first-order chi connectivity index (χ1) is 12.8. The predicted octanol–water partition coefficient (Wildman–Crippen LogP) is 3.51. The number of fused-ring (bicyclic) bond motifs is 1. The fourth-order valence-electron chi connectivity index (χ4n) is 2.92. The zero-order chi connectivity index (χ0) is 19.4. The first-order valence-corrected chi connectivity index (χ1v) is 10.3. The van der Waals surface area contributed by atoms with Gasteiger partial charge in [-0.1, -0.05) is 60.2 Å². The van der Waals surface area contributed by atoms with E-state index in [1.165, 1.54) is 0 Å². The van der Waals surface area contributed by atoms with Gasteiger partial charge in [0.1, 0.15) is 0 Å². The van der Waals surface area contributed by atoms with Crippen LogP contribution in [0.25, 0.3) is 10.8 Å². The highest BCUT2D eigenvalue weighted by atomic mass is 32.2. The minimum absolute atomic E-state index is 0.151. The van der Waals surface area contributed by atoms with Crippen LogP contribution in [0.3, 0.4) is 0 Å². The molecule has 1 amide bonds. The van der Waals surface area contributed by atoms with Gasteiger partial charge in [-0.3, -0.25) is 4.79 Å². The van der Waals surface area contributed by atoms with Crippen LogP contribution < -0.4 is 10.0 Å².